The van der Waals surface area contributed by atoms with E-state index in [0.717, 1.165) is 5.75 Å². The Morgan fingerprint density at radius 3 is 2.31 bits per heavy atom. The van der Waals surface area contributed by atoms with Crippen LogP contribution in [0.25, 0.3) is 0 Å². The predicted molar refractivity (Wildman–Crippen MR) is 122 cm³/mol. The lowest BCUT2D eigenvalue weighted by Crippen LogP contribution is -2.48. The molecule has 1 atom stereocenters. The lowest BCUT2D eigenvalue weighted by atomic mass is 10.1. The van der Waals surface area contributed by atoms with Gasteiger partial charge in [-0.2, -0.15) is 11.8 Å². The van der Waals surface area contributed by atoms with Crippen molar-refractivity contribution in [2.24, 2.45) is 0 Å². The number of amides is 2. The third-order valence-corrected chi connectivity index (χ3v) is 6.33. The third-order valence-electron chi connectivity index (χ3n) is 4.59. The molecule has 2 aromatic rings. The molecule has 0 heterocycles. The van der Waals surface area contributed by atoms with Gasteiger partial charge in [-0.15, -0.1) is 0 Å². The van der Waals surface area contributed by atoms with Crippen LogP contribution >= 0.6 is 35.0 Å². The molecule has 0 fully saturated rings. The van der Waals surface area contributed by atoms with Gasteiger partial charge in [-0.1, -0.05) is 66.5 Å². The first-order valence-electron chi connectivity index (χ1n) is 9.53. The van der Waals surface area contributed by atoms with Gasteiger partial charge in [-0.05, 0) is 24.1 Å². The van der Waals surface area contributed by atoms with E-state index < -0.39 is 6.04 Å². The van der Waals surface area contributed by atoms with Crippen LogP contribution in [-0.4, -0.2) is 35.6 Å². The van der Waals surface area contributed by atoms with Gasteiger partial charge in [0, 0.05) is 47.1 Å². The molecule has 0 aliphatic rings. The lowest BCUT2D eigenvalue weighted by molar-refractivity contribution is -0.140. The van der Waals surface area contributed by atoms with E-state index in [0.29, 0.717) is 34.2 Å². The fourth-order valence-corrected chi connectivity index (χ4v) is 4.42. The van der Waals surface area contributed by atoms with Crippen LogP contribution in [0.5, 0.6) is 0 Å². The number of carbonyl (C=O) groups excluding carboxylic acids is 2. The summed E-state index contributed by atoms with van der Waals surface area (Å²) in [4.78, 5) is 27.0. The summed E-state index contributed by atoms with van der Waals surface area (Å²) in [6.07, 6.45) is 0.845. The Morgan fingerprint density at radius 2 is 1.72 bits per heavy atom. The van der Waals surface area contributed by atoms with Crippen molar-refractivity contribution >= 4 is 46.8 Å². The minimum atomic E-state index is -0.570. The topological polar surface area (TPSA) is 49.4 Å². The molecule has 29 heavy (non-hydrogen) atoms. The maximum Gasteiger partial charge on any atom is 0.242 e. The largest absolute Gasteiger partial charge is 0.357 e. The number of nitrogens with one attached hydrogen (secondary N) is 1. The number of hydrogen-bond donors (Lipinski definition) is 1. The first-order chi connectivity index (χ1) is 14.0. The highest BCUT2D eigenvalue weighted by atomic mass is 35.5. The van der Waals surface area contributed by atoms with Crippen LogP contribution < -0.4 is 5.32 Å². The average Bonchev–Trinajstić information content (AvgIpc) is 2.73. The first kappa shape index (κ1) is 23.6. The molecule has 0 saturated carbocycles. The van der Waals surface area contributed by atoms with Crippen LogP contribution in [0.1, 0.15) is 30.9 Å². The Bertz CT molecular complexity index is 797. The van der Waals surface area contributed by atoms with Gasteiger partial charge in [0.05, 0.1) is 0 Å². The minimum absolute atomic E-state index is 0.0861. The summed E-state index contributed by atoms with van der Waals surface area (Å²) in [5.74, 6) is 1.24. The Hall–Kier alpha value is -1.69. The van der Waals surface area contributed by atoms with Gasteiger partial charge in [0.25, 0.3) is 0 Å². The van der Waals surface area contributed by atoms with Gasteiger partial charge < -0.3 is 10.2 Å². The number of thioether (sulfide) groups is 1. The Balaban J connectivity index is 2.09. The van der Waals surface area contributed by atoms with Crippen molar-refractivity contribution in [3.05, 3.63) is 69.7 Å². The molecule has 0 spiro atoms. The molecule has 0 saturated heterocycles. The van der Waals surface area contributed by atoms with Gasteiger partial charge >= 0.3 is 0 Å². The van der Waals surface area contributed by atoms with Gasteiger partial charge in [-0.25, -0.2) is 0 Å². The number of halogens is 2. The molecule has 4 nitrogen and oxygen atoms in total. The summed E-state index contributed by atoms with van der Waals surface area (Å²) in [6.45, 7) is 2.09. The van der Waals surface area contributed by atoms with Crippen molar-refractivity contribution < 1.29 is 9.59 Å². The van der Waals surface area contributed by atoms with Crippen molar-refractivity contribution in [2.45, 2.75) is 38.1 Å². The smallest absolute Gasteiger partial charge is 0.242 e. The molecule has 1 unspecified atom stereocenters. The Kier molecular flexibility index (Phi) is 9.85. The average molecular weight is 453 g/mol. The highest BCUT2D eigenvalue weighted by molar-refractivity contribution is 7.98. The molecule has 0 bridgehead atoms. The quantitative estimate of drug-likeness (QED) is 0.505. The van der Waals surface area contributed by atoms with Crippen molar-refractivity contribution in [1.29, 1.82) is 0 Å². The van der Waals surface area contributed by atoms with E-state index in [1.165, 1.54) is 5.56 Å². The molecule has 0 aliphatic heterocycles. The van der Waals surface area contributed by atoms with Crippen LogP contribution in [0.3, 0.4) is 0 Å². The first-order valence-corrected chi connectivity index (χ1v) is 11.4. The maximum atomic E-state index is 13.0. The van der Waals surface area contributed by atoms with Gasteiger partial charge in [0.15, 0.2) is 0 Å². The van der Waals surface area contributed by atoms with Crippen LogP contribution in [0, 0.1) is 0 Å². The normalized spacial score (nSPS) is 11.7. The van der Waals surface area contributed by atoms with Crippen molar-refractivity contribution in [1.82, 2.24) is 10.2 Å². The number of rotatable bonds is 10. The SMILES string of the molecule is CCC(C(=O)NC)N(Cc1c(Cl)cccc1Cl)C(=O)CCSCc1ccccc1. The number of nitrogens with zero attached hydrogens (tertiary/aromatic N) is 1. The fraction of sp³-hybridized carbons (Fsp3) is 0.364. The summed E-state index contributed by atoms with van der Waals surface area (Å²) in [7, 11) is 1.58. The van der Waals surface area contributed by atoms with Gasteiger partial charge in [0.1, 0.15) is 6.04 Å². The molecule has 0 radical (unpaired) electrons. The van der Waals surface area contributed by atoms with E-state index in [4.69, 9.17) is 23.2 Å². The number of hydrogen-bond acceptors (Lipinski definition) is 3. The monoisotopic (exact) mass is 452 g/mol. The number of benzene rings is 2. The zero-order valence-electron chi connectivity index (χ0n) is 16.7. The van der Waals surface area contributed by atoms with Crippen molar-refractivity contribution in [3.63, 3.8) is 0 Å². The molecule has 7 heteroatoms. The van der Waals surface area contributed by atoms with E-state index in [1.54, 1.807) is 41.9 Å². The summed E-state index contributed by atoms with van der Waals surface area (Å²) in [5, 5.41) is 3.62. The summed E-state index contributed by atoms with van der Waals surface area (Å²) >= 11 is 14.3. The predicted octanol–water partition coefficient (Wildman–Crippen LogP) is 5.17. The standard InChI is InChI=1S/C22H26Cl2N2O2S/c1-3-20(22(28)25-2)26(14-17-18(23)10-7-11-19(17)24)21(27)12-13-29-15-16-8-5-4-6-9-16/h4-11,20H,3,12-15H2,1-2H3,(H,25,28). The van der Waals surface area contributed by atoms with Crippen molar-refractivity contribution in [3.8, 4) is 0 Å². The van der Waals surface area contributed by atoms with E-state index >= 15 is 0 Å². The fourth-order valence-electron chi connectivity index (χ4n) is 3.01. The molecular weight excluding hydrogens is 427 g/mol. The second kappa shape index (κ2) is 12.1. The summed E-state index contributed by atoms with van der Waals surface area (Å²) < 4.78 is 0. The highest BCUT2D eigenvalue weighted by Gasteiger charge is 2.28. The molecule has 2 rings (SSSR count). The zero-order valence-corrected chi connectivity index (χ0v) is 19.0. The van der Waals surface area contributed by atoms with Crippen molar-refractivity contribution in [2.75, 3.05) is 12.8 Å². The molecule has 2 aromatic carbocycles. The molecular formula is C22H26Cl2N2O2S. The molecule has 2 amide bonds. The minimum Gasteiger partial charge on any atom is -0.357 e. The Labute approximate surface area is 187 Å². The summed E-state index contributed by atoms with van der Waals surface area (Å²) in [6, 6.07) is 14.8. The maximum absolute atomic E-state index is 13.0. The second-order valence-corrected chi connectivity index (χ2v) is 8.47. The number of likely N-dealkylation sites (N-methyl/N-ethyl adjacent to an activating group) is 1. The molecule has 0 aliphatic carbocycles. The van der Waals surface area contributed by atoms with Crippen LogP contribution in [0.4, 0.5) is 0 Å². The Morgan fingerprint density at radius 1 is 1.07 bits per heavy atom. The lowest BCUT2D eigenvalue weighted by Gasteiger charge is -2.31. The summed E-state index contributed by atoms with van der Waals surface area (Å²) in [5.41, 5.74) is 1.88. The molecule has 0 aromatic heterocycles. The van der Waals surface area contributed by atoms with Gasteiger partial charge in [-0.3, -0.25) is 9.59 Å². The third kappa shape index (κ3) is 6.95. The van der Waals surface area contributed by atoms with E-state index in [1.807, 2.05) is 25.1 Å². The second-order valence-electron chi connectivity index (χ2n) is 6.55. The zero-order chi connectivity index (χ0) is 21.2. The van der Waals surface area contributed by atoms with E-state index in [2.05, 4.69) is 17.4 Å². The van der Waals surface area contributed by atoms with Crippen LogP contribution in [0.2, 0.25) is 10.0 Å². The highest BCUT2D eigenvalue weighted by Crippen LogP contribution is 2.27. The molecule has 1 N–H and O–H groups in total. The van der Waals surface area contributed by atoms with E-state index in [9.17, 15) is 9.59 Å². The number of carbonyl (C=O) groups is 2. The van der Waals surface area contributed by atoms with Crippen LogP contribution in [-0.2, 0) is 21.9 Å². The van der Waals surface area contributed by atoms with Crippen LogP contribution in [0.15, 0.2) is 48.5 Å². The van der Waals surface area contributed by atoms with Gasteiger partial charge in [0.2, 0.25) is 11.8 Å². The molecule has 156 valence electrons. The van der Waals surface area contributed by atoms with E-state index in [-0.39, 0.29) is 18.4 Å².